The molecule has 1 unspecified atom stereocenters. The number of benzene rings is 1. The van der Waals surface area contributed by atoms with Crippen LogP contribution >= 0.6 is 0 Å². The van der Waals surface area contributed by atoms with Gasteiger partial charge in [0.05, 0.1) is 17.9 Å². The van der Waals surface area contributed by atoms with Crippen LogP contribution in [0.5, 0.6) is 0 Å². The van der Waals surface area contributed by atoms with Crippen molar-refractivity contribution in [3.05, 3.63) is 59.4 Å². The summed E-state index contributed by atoms with van der Waals surface area (Å²) in [6.07, 6.45) is 1.69. The topological polar surface area (TPSA) is 24.9 Å². The van der Waals surface area contributed by atoms with Gasteiger partial charge in [-0.15, -0.1) is 0 Å². The summed E-state index contributed by atoms with van der Waals surface area (Å²) in [7, 11) is 0. The predicted molar refractivity (Wildman–Crippen MR) is 67.4 cm³/mol. The van der Waals surface area contributed by atoms with E-state index in [1.165, 1.54) is 12.1 Å². The minimum Gasteiger partial charge on any atom is -0.377 e. The molecule has 0 saturated heterocycles. The Kier molecular flexibility index (Phi) is 3.55. The maximum absolute atomic E-state index is 13.6. The lowest BCUT2D eigenvalue weighted by atomic mass is 10.1. The molecule has 2 rings (SSSR count). The van der Waals surface area contributed by atoms with E-state index in [1.807, 2.05) is 26.0 Å². The predicted octanol–water partition coefficient (Wildman–Crippen LogP) is 3.84. The molecule has 0 fully saturated rings. The van der Waals surface area contributed by atoms with E-state index in [9.17, 15) is 8.78 Å². The average Bonchev–Trinajstić information content (AvgIpc) is 2.32. The molecule has 0 aliphatic carbocycles. The van der Waals surface area contributed by atoms with Crippen LogP contribution in [0, 0.1) is 18.6 Å². The second kappa shape index (κ2) is 5.12. The van der Waals surface area contributed by atoms with E-state index in [1.54, 1.807) is 6.20 Å². The van der Waals surface area contributed by atoms with Crippen molar-refractivity contribution in [2.24, 2.45) is 0 Å². The molecule has 0 spiro atoms. The molecular formula is C14H14F2N2. The summed E-state index contributed by atoms with van der Waals surface area (Å²) in [5, 5.41) is 3.12. The van der Waals surface area contributed by atoms with Gasteiger partial charge < -0.3 is 5.32 Å². The zero-order valence-electron chi connectivity index (χ0n) is 10.2. The highest BCUT2D eigenvalue weighted by molar-refractivity contribution is 5.43. The molecule has 1 aromatic heterocycles. The van der Waals surface area contributed by atoms with E-state index in [4.69, 9.17) is 0 Å². The SMILES string of the molecule is Cc1ccc(NC(C)c2ccc(F)cc2F)cn1. The zero-order chi connectivity index (χ0) is 13.1. The number of hydrogen-bond acceptors (Lipinski definition) is 2. The minimum atomic E-state index is -0.569. The van der Waals surface area contributed by atoms with Crippen molar-refractivity contribution in [2.45, 2.75) is 19.9 Å². The highest BCUT2D eigenvalue weighted by Gasteiger charge is 2.11. The third kappa shape index (κ3) is 2.83. The van der Waals surface area contributed by atoms with Crippen molar-refractivity contribution in [1.82, 2.24) is 4.98 Å². The quantitative estimate of drug-likeness (QED) is 0.892. The Bertz CT molecular complexity index is 538. The molecule has 2 aromatic rings. The van der Waals surface area contributed by atoms with Crippen molar-refractivity contribution in [3.63, 3.8) is 0 Å². The summed E-state index contributed by atoms with van der Waals surface area (Å²) in [5.41, 5.74) is 2.15. The molecule has 0 amide bonds. The van der Waals surface area contributed by atoms with Gasteiger partial charge in [0.2, 0.25) is 0 Å². The molecule has 0 saturated carbocycles. The van der Waals surface area contributed by atoms with Crippen LogP contribution in [-0.2, 0) is 0 Å². The number of nitrogens with zero attached hydrogens (tertiary/aromatic N) is 1. The van der Waals surface area contributed by atoms with Crippen molar-refractivity contribution in [1.29, 1.82) is 0 Å². The molecular weight excluding hydrogens is 234 g/mol. The van der Waals surface area contributed by atoms with Gasteiger partial charge in [-0.3, -0.25) is 4.98 Å². The first-order valence-electron chi connectivity index (χ1n) is 5.70. The Morgan fingerprint density at radius 3 is 2.56 bits per heavy atom. The number of hydrogen-bond donors (Lipinski definition) is 1. The Balaban J connectivity index is 2.16. The van der Waals surface area contributed by atoms with Crippen LogP contribution in [0.4, 0.5) is 14.5 Å². The lowest BCUT2D eigenvalue weighted by molar-refractivity contribution is 0.566. The van der Waals surface area contributed by atoms with E-state index in [0.717, 1.165) is 17.4 Å². The summed E-state index contributed by atoms with van der Waals surface area (Å²) in [5.74, 6) is -1.12. The molecule has 1 heterocycles. The number of aromatic nitrogens is 1. The van der Waals surface area contributed by atoms with Gasteiger partial charge in [0.15, 0.2) is 0 Å². The largest absolute Gasteiger partial charge is 0.377 e. The van der Waals surface area contributed by atoms with Crippen LogP contribution in [0.15, 0.2) is 36.5 Å². The standard InChI is InChI=1S/C14H14F2N2/c1-9-3-5-12(8-17-9)18-10(2)13-6-4-11(15)7-14(13)16/h3-8,10,18H,1-2H3. The fourth-order valence-corrected chi connectivity index (χ4v) is 1.73. The molecule has 1 N–H and O–H groups in total. The summed E-state index contributed by atoms with van der Waals surface area (Å²) in [6.45, 7) is 3.71. The van der Waals surface area contributed by atoms with Crippen LogP contribution < -0.4 is 5.32 Å². The monoisotopic (exact) mass is 248 g/mol. The summed E-state index contributed by atoms with van der Waals surface area (Å²) in [4.78, 5) is 4.15. The van der Waals surface area contributed by atoms with Gasteiger partial charge in [-0.25, -0.2) is 8.78 Å². The van der Waals surface area contributed by atoms with E-state index in [0.29, 0.717) is 5.56 Å². The first-order chi connectivity index (χ1) is 8.56. The van der Waals surface area contributed by atoms with Crippen LogP contribution in [0.1, 0.15) is 24.2 Å². The zero-order valence-corrected chi connectivity index (χ0v) is 10.2. The number of nitrogens with one attached hydrogen (secondary N) is 1. The van der Waals surface area contributed by atoms with Gasteiger partial charge in [0.1, 0.15) is 11.6 Å². The Morgan fingerprint density at radius 2 is 1.94 bits per heavy atom. The van der Waals surface area contributed by atoms with Crippen molar-refractivity contribution >= 4 is 5.69 Å². The maximum Gasteiger partial charge on any atom is 0.131 e. The smallest absolute Gasteiger partial charge is 0.131 e. The third-order valence-corrected chi connectivity index (χ3v) is 2.72. The molecule has 18 heavy (non-hydrogen) atoms. The first kappa shape index (κ1) is 12.5. The number of aryl methyl sites for hydroxylation is 1. The number of rotatable bonds is 3. The normalized spacial score (nSPS) is 12.2. The van der Waals surface area contributed by atoms with Gasteiger partial charge in [-0.1, -0.05) is 6.07 Å². The highest BCUT2D eigenvalue weighted by atomic mass is 19.1. The van der Waals surface area contributed by atoms with E-state index >= 15 is 0 Å². The number of pyridine rings is 1. The Labute approximate surface area is 105 Å². The van der Waals surface area contributed by atoms with Crippen LogP contribution in [0.25, 0.3) is 0 Å². The fraction of sp³-hybridized carbons (Fsp3) is 0.214. The van der Waals surface area contributed by atoms with Gasteiger partial charge in [-0.2, -0.15) is 0 Å². The molecule has 94 valence electrons. The molecule has 2 nitrogen and oxygen atoms in total. The number of anilines is 1. The molecule has 0 aliphatic heterocycles. The summed E-state index contributed by atoms with van der Waals surface area (Å²) in [6, 6.07) is 7.08. The average molecular weight is 248 g/mol. The van der Waals surface area contributed by atoms with Gasteiger partial charge >= 0.3 is 0 Å². The lowest BCUT2D eigenvalue weighted by Crippen LogP contribution is -2.09. The molecule has 0 radical (unpaired) electrons. The summed E-state index contributed by atoms with van der Waals surface area (Å²) < 4.78 is 26.4. The molecule has 1 aromatic carbocycles. The molecule has 1 atom stereocenters. The second-order valence-corrected chi connectivity index (χ2v) is 4.22. The molecule has 0 bridgehead atoms. The highest BCUT2D eigenvalue weighted by Crippen LogP contribution is 2.21. The van der Waals surface area contributed by atoms with Gasteiger partial charge in [-0.05, 0) is 32.0 Å². The maximum atomic E-state index is 13.6. The van der Waals surface area contributed by atoms with E-state index in [-0.39, 0.29) is 6.04 Å². The van der Waals surface area contributed by atoms with Crippen LogP contribution in [0.3, 0.4) is 0 Å². The Hall–Kier alpha value is -1.97. The fourth-order valence-electron chi connectivity index (χ4n) is 1.73. The lowest BCUT2D eigenvalue weighted by Gasteiger charge is -2.16. The van der Waals surface area contributed by atoms with E-state index < -0.39 is 11.6 Å². The first-order valence-corrected chi connectivity index (χ1v) is 5.70. The van der Waals surface area contributed by atoms with Crippen molar-refractivity contribution in [3.8, 4) is 0 Å². The third-order valence-electron chi connectivity index (χ3n) is 2.72. The molecule has 4 heteroatoms. The van der Waals surface area contributed by atoms with Crippen LogP contribution in [-0.4, -0.2) is 4.98 Å². The van der Waals surface area contributed by atoms with Crippen LogP contribution in [0.2, 0.25) is 0 Å². The van der Waals surface area contributed by atoms with Gasteiger partial charge in [0, 0.05) is 17.3 Å². The minimum absolute atomic E-state index is 0.255. The second-order valence-electron chi connectivity index (χ2n) is 4.22. The number of halogens is 2. The van der Waals surface area contributed by atoms with Crippen molar-refractivity contribution < 1.29 is 8.78 Å². The van der Waals surface area contributed by atoms with E-state index in [2.05, 4.69) is 10.3 Å². The van der Waals surface area contributed by atoms with Crippen molar-refractivity contribution in [2.75, 3.05) is 5.32 Å². The van der Waals surface area contributed by atoms with Gasteiger partial charge in [0.25, 0.3) is 0 Å². The summed E-state index contributed by atoms with van der Waals surface area (Å²) >= 11 is 0. The molecule has 0 aliphatic rings. The Morgan fingerprint density at radius 1 is 1.17 bits per heavy atom.